The largest absolute Gasteiger partial charge is 0.468 e. The first-order valence-electron chi connectivity index (χ1n) is 9.39. The molecule has 1 aliphatic carbocycles. The summed E-state index contributed by atoms with van der Waals surface area (Å²) in [5.74, 6) is -1.26. The Labute approximate surface area is 171 Å². The third kappa shape index (κ3) is 3.29. The van der Waals surface area contributed by atoms with Gasteiger partial charge in [0, 0.05) is 12.6 Å². The number of rotatable bonds is 3. The van der Waals surface area contributed by atoms with Gasteiger partial charge in [0.05, 0.1) is 23.4 Å². The lowest BCUT2D eigenvalue weighted by Crippen LogP contribution is -2.52. The van der Waals surface area contributed by atoms with Crippen LogP contribution in [0, 0.1) is 0 Å². The smallest absolute Gasteiger partial charge is 0.325 e. The van der Waals surface area contributed by atoms with Crippen LogP contribution in [0.15, 0.2) is 10.5 Å². The van der Waals surface area contributed by atoms with Crippen molar-refractivity contribution in [3.05, 3.63) is 22.5 Å². The van der Waals surface area contributed by atoms with Gasteiger partial charge in [0.1, 0.15) is 12.1 Å². The summed E-state index contributed by atoms with van der Waals surface area (Å²) < 4.78 is 10.5. The Morgan fingerprint density at radius 3 is 2.76 bits per heavy atom. The number of methoxy groups -OCH3 is 1. The van der Waals surface area contributed by atoms with E-state index in [4.69, 9.17) is 16.0 Å². The number of carbonyl (C=O) groups excluding carboxylic acids is 3. The fourth-order valence-electron chi connectivity index (χ4n) is 4.15. The number of amides is 3. The maximum Gasteiger partial charge on any atom is 0.325 e. The number of carbonyl (C=O) groups is 3. The first kappa shape index (κ1) is 19.5. The monoisotopic (exact) mass is 420 g/mol. The molecule has 1 aromatic carbocycles. The highest BCUT2D eigenvalue weighted by atomic mass is 35.5. The van der Waals surface area contributed by atoms with Crippen LogP contribution in [-0.2, 0) is 15.1 Å². The van der Waals surface area contributed by atoms with Crippen molar-refractivity contribution >= 4 is 46.3 Å². The quantitative estimate of drug-likeness (QED) is 0.738. The molecule has 2 aliphatic rings. The van der Waals surface area contributed by atoms with Crippen LogP contribution in [-0.4, -0.2) is 48.5 Å². The molecule has 0 unspecified atom stereocenters. The van der Waals surface area contributed by atoms with Gasteiger partial charge in [-0.3, -0.25) is 9.59 Å². The van der Waals surface area contributed by atoms with Gasteiger partial charge in [-0.05, 0) is 18.9 Å². The summed E-state index contributed by atoms with van der Waals surface area (Å²) in [6.07, 6.45) is 4.48. The Hall–Kier alpha value is -2.81. The third-order valence-corrected chi connectivity index (χ3v) is 5.83. The second-order valence-electron chi connectivity index (χ2n) is 7.43. The summed E-state index contributed by atoms with van der Waals surface area (Å²) in [5, 5.41) is 6.15. The number of hydrogen-bond acceptors (Lipinski definition) is 6. The van der Waals surface area contributed by atoms with Gasteiger partial charge in [-0.25, -0.2) is 9.78 Å². The molecule has 2 aromatic rings. The van der Waals surface area contributed by atoms with E-state index < -0.39 is 17.4 Å². The number of likely N-dealkylation sites (N-methyl/N-ethyl adjacent to an activating group) is 1. The van der Waals surface area contributed by atoms with Crippen LogP contribution in [0.4, 0.5) is 10.5 Å². The molecule has 1 saturated carbocycles. The molecule has 2 N–H and O–H groups in total. The zero-order valence-electron chi connectivity index (χ0n) is 16.1. The van der Waals surface area contributed by atoms with Gasteiger partial charge < -0.3 is 24.7 Å². The van der Waals surface area contributed by atoms with E-state index in [9.17, 15) is 14.4 Å². The third-order valence-electron chi connectivity index (χ3n) is 5.53. The first-order valence-corrected chi connectivity index (χ1v) is 9.77. The zero-order chi connectivity index (χ0) is 20.8. The maximum atomic E-state index is 12.7. The molecule has 1 aromatic heterocycles. The number of oxazole rings is 1. The van der Waals surface area contributed by atoms with Crippen molar-refractivity contribution in [2.24, 2.45) is 0 Å². The average Bonchev–Trinajstić information content (AvgIpc) is 3.11. The number of benzene rings is 1. The minimum atomic E-state index is -0.614. The van der Waals surface area contributed by atoms with Crippen molar-refractivity contribution in [2.75, 3.05) is 26.0 Å². The summed E-state index contributed by atoms with van der Waals surface area (Å²) in [4.78, 5) is 41.9. The van der Waals surface area contributed by atoms with E-state index in [0.717, 1.165) is 37.7 Å². The van der Waals surface area contributed by atoms with Gasteiger partial charge in [-0.2, -0.15) is 0 Å². The number of esters is 1. The fraction of sp³-hybridized carbons (Fsp3) is 0.474. The van der Waals surface area contributed by atoms with Gasteiger partial charge in [0.15, 0.2) is 5.58 Å². The number of halogens is 1. The molecule has 0 bridgehead atoms. The predicted octanol–water partition coefficient (Wildman–Crippen LogP) is 3.02. The number of urea groups is 1. The number of nitrogens with zero attached hydrogens (tertiary/aromatic N) is 2. The molecule has 0 atom stereocenters. The number of anilines is 1. The predicted molar refractivity (Wildman–Crippen MR) is 105 cm³/mol. The Bertz CT molecular complexity index is 1010. The SMILES string of the molecule is COC(=O)CN(C)C(=O)c1nc2cc(Cl)c3c(c2o1)C1(CCCCC1)NC(=O)N3. The van der Waals surface area contributed by atoms with E-state index >= 15 is 0 Å². The van der Waals surface area contributed by atoms with Crippen molar-refractivity contribution in [1.29, 1.82) is 0 Å². The Morgan fingerprint density at radius 1 is 1.34 bits per heavy atom. The molecule has 10 heteroatoms. The van der Waals surface area contributed by atoms with Crippen LogP contribution in [0.2, 0.25) is 5.02 Å². The molecule has 4 rings (SSSR count). The standard InChI is InChI=1S/C19H21ClN4O5/c1-24(9-12(25)28-2)17(26)16-21-11-8-10(20)14-13(15(11)29-16)19(23-18(27)22-14)6-4-3-5-7-19/h8H,3-7,9H2,1-2H3,(H2,22,23,27). The van der Waals surface area contributed by atoms with Gasteiger partial charge in [0.2, 0.25) is 0 Å². The second kappa shape index (κ2) is 7.22. The maximum absolute atomic E-state index is 12.7. The van der Waals surface area contributed by atoms with E-state index in [1.54, 1.807) is 6.07 Å². The zero-order valence-corrected chi connectivity index (χ0v) is 16.9. The average molecular weight is 421 g/mol. The summed E-state index contributed by atoms with van der Waals surface area (Å²) in [6.45, 7) is -0.228. The van der Waals surface area contributed by atoms with Crippen molar-refractivity contribution in [1.82, 2.24) is 15.2 Å². The molecule has 29 heavy (non-hydrogen) atoms. The Kier molecular flexibility index (Phi) is 4.85. The highest BCUT2D eigenvalue weighted by Crippen LogP contribution is 2.48. The topological polar surface area (TPSA) is 114 Å². The van der Waals surface area contributed by atoms with E-state index in [1.165, 1.54) is 19.1 Å². The van der Waals surface area contributed by atoms with Crippen molar-refractivity contribution in [3.63, 3.8) is 0 Å². The van der Waals surface area contributed by atoms with Crippen LogP contribution in [0.25, 0.3) is 11.1 Å². The van der Waals surface area contributed by atoms with Crippen LogP contribution in [0.3, 0.4) is 0 Å². The minimum Gasteiger partial charge on any atom is -0.468 e. The molecular weight excluding hydrogens is 400 g/mol. The summed E-state index contributed by atoms with van der Waals surface area (Å²) in [7, 11) is 2.71. The molecule has 0 radical (unpaired) electrons. The van der Waals surface area contributed by atoms with Crippen molar-refractivity contribution in [3.8, 4) is 0 Å². The van der Waals surface area contributed by atoms with Gasteiger partial charge in [-0.1, -0.05) is 30.9 Å². The summed E-state index contributed by atoms with van der Waals surface area (Å²) in [6, 6.07) is 1.26. The van der Waals surface area contributed by atoms with Crippen LogP contribution < -0.4 is 10.6 Å². The molecule has 3 amide bonds. The van der Waals surface area contributed by atoms with Gasteiger partial charge in [-0.15, -0.1) is 0 Å². The lowest BCUT2D eigenvalue weighted by Gasteiger charge is -2.42. The number of ether oxygens (including phenoxy) is 1. The van der Waals surface area contributed by atoms with E-state index in [-0.39, 0.29) is 18.5 Å². The minimum absolute atomic E-state index is 0.154. The lowest BCUT2D eigenvalue weighted by molar-refractivity contribution is -0.141. The van der Waals surface area contributed by atoms with E-state index in [2.05, 4.69) is 20.4 Å². The molecule has 0 saturated heterocycles. The fourth-order valence-corrected chi connectivity index (χ4v) is 4.40. The highest BCUT2D eigenvalue weighted by Gasteiger charge is 2.44. The molecule has 9 nitrogen and oxygen atoms in total. The lowest BCUT2D eigenvalue weighted by atomic mass is 9.74. The van der Waals surface area contributed by atoms with Crippen LogP contribution in [0.1, 0.15) is 48.4 Å². The molecule has 1 fully saturated rings. The Balaban J connectivity index is 1.82. The number of nitrogens with one attached hydrogen (secondary N) is 2. The number of hydrogen-bond donors (Lipinski definition) is 2. The molecule has 1 spiro atoms. The van der Waals surface area contributed by atoms with E-state index in [1.807, 2.05) is 0 Å². The molecule has 154 valence electrons. The second-order valence-corrected chi connectivity index (χ2v) is 7.84. The summed E-state index contributed by atoms with van der Waals surface area (Å²) in [5.41, 5.74) is 1.43. The van der Waals surface area contributed by atoms with Crippen LogP contribution >= 0.6 is 11.6 Å². The normalized spacial score (nSPS) is 17.4. The van der Waals surface area contributed by atoms with E-state index in [0.29, 0.717) is 21.8 Å². The summed E-state index contributed by atoms with van der Waals surface area (Å²) >= 11 is 6.45. The Morgan fingerprint density at radius 2 is 2.07 bits per heavy atom. The van der Waals surface area contributed by atoms with Crippen molar-refractivity contribution < 1.29 is 23.5 Å². The van der Waals surface area contributed by atoms with Crippen molar-refractivity contribution in [2.45, 2.75) is 37.6 Å². The molecule has 1 aliphatic heterocycles. The molecule has 2 heterocycles. The highest BCUT2D eigenvalue weighted by molar-refractivity contribution is 6.35. The first-order chi connectivity index (χ1) is 13.8. The number of fused-ring (bicyclic) bond motifs is 4. The van der Waals surface area contributed by atoms with Crippen LogP contribution in [0.5, 0.6) is 0 Å². The molecular formula is C19H21ClN4O5. The van der Waals surface area contributed by atoms with Gasteiger partial charge in [0.25, 0.3) is 5.89 Å². The van der Waals surface area contributed by atoms with Gasteiger partial charge >= 0.3 is 17.9 Å². The number of aromatic nitrogens is 1.